The summed E-state index contributed by atoms with van der Waals surface area (Å²) in [6.45, 7) is 7.86. The van der Waals surface area contributed by atoms with Crippen molar-refractivity contribution < 1.29 is 9.21 Å². The Morgan fingerprint density at radius 2 is 2.06 bits per heavy atom. The summed E-state index contributed by atoms with van der Waals surface area (Å²) in [6.07, 6.45) is 2.51. The second kappa shape index (κ2) is 5.59. The molecule has 0 bridgehead atoms. The highest BCUT2D eigenvalue weighted by Gasteiger charge is 2.36. The van der Waals surface area contributed by atoms with E-state index in [1.54, 1.807) is 0 Å². The molecule has 1 aliphatic carbocycles. The molecule has 1 aromatic rings. The van der Waals surface area contributed by atoms with Gasteiger partial charge in [-0.3, -0.25) is 4.79 Å². The highest BCUT2D eigenvalue weighted by molar-refractivity contribution is 5.76. The SMILES string of the molecule is CCN(CC)C(=O)CCc1ccc([C@H]2C[C@H]2C)o1. The van der Waals surface area contributed by atoms with Crippen molar-refractivity contribution in [2.45, 2.75) is 46.0 Å². The summed E-state index contributed by atoms with van der Waals surface area (Å²) in [6, 6.07) is 4.10. The summed E-state index contributed by atoms with van der Waals surface area (Å²) in [7, 11) is 0. The van der Waals surface area contributed by atoms with E-state index in [1.807, 2.05) is 24.8 Å². The molecule has 1 saturated carbocycles. The number of furan rings is 1. The van der Waals surface area contributed by atoms with Gasteiger partial charge in [-0.25, -0.2) is 0 Å². The van der Waals surface area contributed by atoms with Crippen molar-refractivity contribution in [1.82, 2.24) is 4.90 Å². The molecule has 0 spiro atoms. The van der Waals surface area contributed by atoms with E-state index in [-0.39, 0.29) is 5.91 Å². The first-order valence-corrected chi connectivity index (χ1v) is 7.02. The Hall–Kier alpha value is -1.25. The summed E-state index contributed by atoms with van der Waals surface area (Å²) < 4.78 is 5.80. The maximum Gasteiger partial charge on any atom is 0.222 e. The van der Waals surface area contributed by atoms with E-state index in [0.717, 1.165) is 36.9 Å². The molecule has 0 unspecified atom stereocenters. The van der Waals surface area contributed by atoms with Crippen molar-refractivity contribution in [3.05, 3.63) is 23.7 Å². The predicted molar refractivity (Wildman–Crippen MR) is 71.5 cm³/mol. The molecule has 0 N–H and O–H groups in total. The minimum atomic E-state index is 0.220. The van der Waals surface area contributed by atoms with E-state index in [1.165, 1.54) is 6.42 Å². The molecule has 1 fully saturated rings. The molecule has 1 aliphatic rings. The number of amides is 1. The topological polar surface area (TPSA) is 33.5 Å². The Morgan fingerprint density at radius 1 is 1.39 bits per heavy atom. The molecule has 0 saturated heterocycles. The molecule has 0 aliphatic heterocycles. The van der Waals surface area contributed by atoms with E-state index < -0.39 is 0 Å². The monoisotopic (exact) mass is 249 g/mol. The van der Waals surface area contributed by atoms with Crippen LogP contribution in [-0.4, -0.2) is 23.9 Å². The molecule has 100 valence electrons. The molecule has 2 atom stereocenters. The lowest BCUT2D eigenvalue weighted by atomic mass is 10.2. The van der Waals surface area contributed by atoms with Gasteiger partial charge in [0.25, 0.3) is 0 Å². The average molecular weight is 249 g/mol. The third-order valence-electron chi connectivity index (χ3n) is 3.86. The van der Waals surface area contributed by atoms with Gasteiger partial charge in [-0.1, -0.05) is 6.92 Å². The fourth-order valence-electron chi connectivity index (χ4n) is 2.41. The van der Waals surface area contributed by atoms with Crippen LogP contribution < -0.4 is 0 Å². The molecular formula is C15H23NO2. The van der Waals surface area contributed by atoms with Crippen LogP contribution in [0.15, 0.2) is 16.5 Å². The summed E-state index contributed by atoms with van der Waals surface area (Å²) >= 11 is 0. The minimum Gasteiger partial charge on any atom is -0.466 e. The van der Waals surface area contributed by atoms with Crippen LogP contribution in [0.5, 0.6) is 0 Å². The lowest BCUT2D eigenvalue weighted by molar-refractivity contribution is -0.130. The summed E-state index contributed by atoms with van der Waals surface area (Å²) in [5.74, 6) is 3.66. The van der Waals surface area contributed by atoms with Gasteiger partial charge in [-0.05, 0) is 38.3 Å². The summed E-state index contributed by atoms with van der Waals surface area (Å²) in [4.78, 5) is 13.7. The molecule has 1 amide bonds. The fourth-order valence-corrected chi connectivity index (χ4v) is 2.41. The van der Waals surface area contributed by atoms with E-state index >= 15 is 0 Å². The average Bonchev–Trinajstić information content (AvgIpc) is 2.92. The second-order valence-electron chi connectivity index (χ2n) is 5.19. The number of hydrogen-bond acceptors (Lipinski definition) is 2. The molecule has 3 nitrogen and oxygen atoms in total. The molecular weight excluding hydrogens is 226 g/mol. The molecule has 0 radical (unpaired) electrons. The number of nitrogens with zero attached hydrogens (tertiary/aromatic N) is 1. The molecule has 2 rings (SSSR count). The Balaban J connectivity index is 1.83. The first-order chi connectivity index (χ1) is 8.65. The molecule has 1 heterocycles. The molecule has 3 heteroatoms. The van der Waals surface area contributed by atoms with Crippen molar-refractivity contribution in [2.75, 3.05) is 13.1 Å². The quantitative estimate of drug-likeness (QED) is 0.775. The van der Waals surface area contributed by atoms with Crippen LogP contribution in [0.4, 0.5) is 0 Å². The van der Waals surface area contributed by atoms with Gasteiger partial charge >= 0.3 is 0 Å². The van der Waals surface area contributed by atoms with Gasteiger partial charge in [0, 0.05) is 31.8 Å². The number of carbonyl (C=O) groups is 1. The molecule has 18 heavy (non-hydrogen) atoms. The minimum absolute atomic E-state index is 0.220. The van der Waals surface area contributed by atoms with Crippen LogP contribution in [0.25, 0.3) is 0 Å². The van der Waals surface area contributed by atoms with Crippen molar-refractivity contribution in [1.29, 1.82) is 0 Å². The number of rotatable bonds is 6. The molecule has 1 aromatic heterocycles. The second-order valence-corrected chi connectivity index (χ2v) is 5.19. The Kier molecular flexibility index (Phi) is 4.10. The van der Waals surface area contributed by atoms with Gasteiger partial charge in [-0.15, -0.1) is 0 Å². The van der Waals surface area contributed by atoms with Crippen molar-refractivity contribution >= 4 is 5.91 Å². The van der Waals surface area contributed by atoms with Crippen LogP contribution >= 0.6 is 0 Å². The predicted octanol–water partition coefficient (Wildman–Crippen LogP) is 3.20. The van der Waals surface area contributed by atoms with E-state index in [4.69, 9.17) is 4.42 Å². The molecule has 0 aromatic carbocycles. The number of hydrogen-bond donors (Lipinski definition) is 0. The standard InChI is InChI=1S/C15H23NO2/c1-4-16(5-2)15(17)9-7-12-6-8-14(18-12)13-10-11(13)3/h6,8,11,13H,4-5,7,9-10H2,1-3H3/t11-,13+/m1/s1. The van der Waals surface area contributed by atoms with Crippen molar-refractivity contribution in [3.63, 3.8) is 0 Å². The van der Waals surface area contributed by atoms with Crippen LogP contribution in [0.2, 0.25) is 0 Å². The number of carbonyl (C=O) groups excluding carboxylic acids is 1. The third-order valence-corrected chi connectivity index (χ3v) is 3.86. The van der Waals surface area contributed by atoms with Gasteiger partial charge in [-0.2, -0.15) is 0 Å². The van der Waals surface area contributed by atoms with Crippen molar-refractivity contribution in [3.8, 4) is 0 Å². The maximum atomic E-state index is 11.9. The zero-order valence-electron chi connectivity index (χ0n) is 11.6. The van der Waals surface area contributed by atoms with Gasteiger partial charge in [0.1, 0.15) is 11.5 Å². The Morgan fingerprint density at radius 3 is 2.61 bits per heavy atom. The van der Waals surface area contributed by atoms with E-state index in [2.05, 4.69) is 13.0 Å². The summed E-state index contributed by atoms with van der Waals surface area (Å²) in [5.41, 5.74) is 0. The van der Waals surface area contributed by atoms with Gasteiger partial charge < -0.3 is 9.32 Å². The lowest BCUT2D eigenvalue weighted by Gasteiger charge is -2.17. The normalized spacial score (nSPS) is 21.9. The zero-order valence-corrected chi connectivity index (χ0v) is 11.6. The fraction of sp³-hybridized carbons (Fsp3) is 0.667. The van der Waals surface area contributed by atoms with E-state index in [0.29, 0.717) is 12.3 Å². The Bertz CT molecular complexity index is 406. The van der Waals surface area contributed by atoms with Crippen LogP contribution in [0.3, 0.4) is 0 Å². The van der Waals surface area contributed by atoms with Gasteiger partial charge in [0.15, 0.2) is 0 Å². The first kappa shape index (κ1) is 13.2. The van der Waals surface area contributed by atoms with Crippen LogP contribution in [0, 0.1) is 5.92 Å². The number of aryl methyl sites for hydroxylation is 1. The zero-order chi connectivity index (χ0) is 13.1. The van der Waals surface area contributed by atoms with Crippen LogP contribution in [0.1, 0.15) is 51.1 Å². The van der Waals surface area contributed by atoms with E-state index in [9.17, 15) is 4.79 Å². The largest absolute Gasteiger partial charge is 0.466 e. The first-order valence-electron chi connectivity index (χ1n) is 7.02. The highest BCUT2D eigenvalue weighted by Crippen LogP contribution is 2.47. The van der Waals surface area contributed by atoms with Crippen LogP contribution in [-0.2, 0) is 11.2 Å². The van der Waals surface area contributed by atoms with Gasteiger partial charge in [0.05, 0.1) is 0 Å². The highest BCUT2D eigenvalue weighted by atomic mass is 16.3. The summed E-state index contributed by atoms with van der Waals surface area (Å²) in [5, 5.41) is 0. The third kappa shape index (κ3) is 2.95. The lowest BCUT2D eigenvalue weighted by Crippen LogP contribution is -2.30. The van der Waals surface area contributed by atoms with Crippen molar-refractivity contribution in [2.24, 2.45) is 5.92 Å². The maximum absolute atomic E-state index is 11.9. The Labute approximate surface area is 109 Å². The van der Waals surface area contributed by atoms with Gasteiger partial charge in [0.2, 0.25) is 5.91 Å². The smallest absolute Gasteiger partial charge is 0.222 e.